The second kappa shape index (κ2) is 6.54. The standard InChI is InChI=1S/C14H20BrN3O2/c1-2-7-18-13(20)12(15)11(8-17-18)16-9-14(10-19)5-3-4-6-14/h2,8,16,19H,1,3-7,9-10H2. The van der Waals surface area contributed by atoms with Crippen LogP contribution in [0, 0.1) is 5.41 Å². The summed E-state index contributed by atoms with van der Waals surface area (Å²) >= 11 is 3.32. The van der Waals surface area contributed by atoms with E-state index in [1.807, 2.05) is 0 Å². The molecule has 0 amide bonds. The van der Waals surface area contributed by atoms with E-state index in [4.69, 9.17) is 0 Å². The Morgan fingerprint density at radius 2 is 2.25 bits per heavy atom. The highest BCUT2D eigenvalue weighted by Gasteiger charge is 2.33. The van der Waals surface area contributed by atoms with E-state index in [9.17, 15) is 9.90 Å². The van der Waals surface area contributed by atoms with E-state index in [-0.39, 0.29) is 17.6 Å². The molecule has 1 heterocycles. The highest BCUT2D eigenvalue weighted by Crippen LogP contribution is 2.37. The lowest BCUT2D eigenvalue weighted by Gasteiger charge is -2.27. The summed E-state index contributed by atoms with van der Waals surface area (Å²) in [5.74, 6) is 0. The van der Waals surface area contributed by atoms with Crippen LogP contribution >= 0.6 is 15.9 Å². The first kappa shape index (κ1) is 15.3. The van der Waals surface area contributed by atoms with Gasteiger partial charge in [-0.2, -0.15) is 5.10 Å². The average Bonchev–Trinajstić information content (AvgIpc) is 2.93. The van der Waals surface area contributed by atoms with Crippen LogP contribution in [0.2, 0.25) is 0 Å². The van der Waals surface area contributed by atoms with E-state index < -0.39 is 0 Å². The summed E-state index contributed by atoms with van der Waals surface area (Å²) in [6, 6.07) is 0. The summed E-state index contributed by atoms with van der Waals surface area (Å²) in [4.78, 5) is 12.0. The summed E-state index contributed by atoms with van der Waals surface area (Å²) in [5, 5.41) is 16.9. The van der Waals surface area contributed by atoms with Gasteiger partial charge in [0.15, 0.2) is 0 Å². The Labute approximate surface area is 126 Å². The summed E-state index contributed by atoms with van der Waals surface area (Å²) in [5.41, 5.74) is 0.435. The van der Waals surface area contributed by atoms with Crippen molar-refractivity contribution < 1.29 is 5.11 Å². The first-order chi connectivity index (χ1) is 9.62. The van der Waals surface area contributed by atoms with Gasteiger partial charge < -0.3 is 10.4 Å². The second-order valence-electron chi connectivity index (χ2n) is 5.37. The van der Waals surface area contributed by atoms with Crippen LogP contribution in [0.1, 0.15) is 25.7 Å². The lowest BCUT2D eigenvalue weighted by Crippen LogP contribution is -2.31. The Morgan fingerprint density at radius 3 is 2.85 bits per heavy atom. The molecule has 6 heteroatoms. The molecule has 20 heavy (non-hydrogen) atoms. The maximum Gasteiger partial charge on any atom is 0.283 e. The van der Waals surface area contributed by atoms with Crippen molar-refractivity contribution in [1.82, 2.24) is 9.78 Å². The van der Waals surface area contributed by atoms with Gasteiger partial charge in [-0.3, -0.25) is 4.79 Å². The first-order valence-corrected chi connectivity index (χ1v) is 7.62. The Morgan fingerprint density at radius 1 is 1.55 bits per heavy atom. The topological polar surface area (TPSA) is 67.2 Å². The van der Waals surface area contributed by atoms with E-state index in [2.05, 4.69) is 32.9 Å². The molecule has 1 fully saturated rings. The number of anilines is 1. The fraction of sp³-hybridized carbons (Fsp3) is 0.571. The molecular weight excluding hydrogens is 322 g/mol. The monoisotopic (exact) mass is 341 g/mol. The maximum absolute atomic E-state index is 12.0. The third kappa shape index (κ3) is 3.12. The Balaban J connectivity index is 2.12. The number of nitrogens with zero attached hydrogens (tertiary/aromatic N) is 2. The molecule has 0 atom stereocenters. The summed E-state index contributed by atoms with van der Waals surface area (Å²) in [6.45, 7) is 4.83. The van der Waals surface area contributed by atoms with Crippen molar-refractivity contribution in [1.29, 1.82) is 0 Å². The van der Waals surface area contributed by atoms with Gasteiger partial charge in [0.1, 0.15) is 4.47 Å². The Hall–Kier alpha value is -1.14. The van der Waals surface area contributed by atoms with Gasteiger partial charge in [0, 0.05) is 12.0 Å². The fourth-order valence-corrected chi connectivity index (χ4v) is 3.09. The Kier molecular flexibility index (Phi) is 4.99. The number of aliphatic hydroxyl groups is 1. The van der Waals surface area contributed by atoms with Crippen molar-refractivity contribution in [3.63, 3.8) is 0 Å². The lowest BCUT2D eigenvalue weighted by atomic mass is 9.87. The van der Waals surface area contributed by atoms with Gasteiger partial charge in [0.25, 0.3) is 5.56 Å². The first-order valence-electron chi connectivity index (χ1n) is 6.83. The predicted octanol–water partition coefficient (Wildman–Crippen LogP) is 2.16. The van der Waals surface area contributed by atoms with Crippen molar-refractivity contribution in [2.75, 3.05) is 18.5 Å². The molecule has 1 aromatic rings. The molecule has 0 spiro atoms. The number of aliphatic hydroxyl groups excluding tert-OH is 1. The van der Waals surface area contributed by atoms with Crippen LogP contribution in [-0.4, -0.2) is 28.0 Å². The van der Waals surface area contributed by atoms with E-state index in [0.717, 1.165) is 25.7 Å². The van der Waals surface area contributed by atoms with Crippen molar-refractivity contribution in [2.24, 2.45) is 5.41 Å². The molecule has 1 aliphatic rings. The van der Waals surface area contributed by atoms with Crippen LogP contribution in [-0.2, 0) is 6.54 Å². The predicted molar refractivity (Wildman–Crippen MR) is 82.9 cm³/mol. The number of halogens is 1. The van der Waals surface area contributed by atoms with E-state index in [0.29, 0.717) is 23.2 Å². The lowest BCUT2D eigenvalue weighted by molar-refractivity contribution is 0.142. The van der Waals surface area contributed by atoms with Gasteiger partial charge in [0.2, 0.25) is 0 Å². The van der Waals surface area contributed by atoms with Crippen LogP contribution in [0.4, 0.5) is 5.69 Å². The molecule has 0 radical (unpaired) electrons. The minimum atomic E-state index is -0.181. The van der Waals surface area contributed by atoms with E-state index >= 15 is 0 Å². The molecular formula is C14H20BrN3O2. The van der Waals surface area contributed by atoms with Gasteiger partial charge in [-0.25, -0.2) is 4.68 Å². The molecule has 0 saturated heterocycles. The summed E-state index contributed by atoms with van der Waals surface area (Å²) < 4.78 is 1.82. The molecule has 2 N–H and O–H groups in total. The zero-order valence-corrected chi connectivity index (χ0v) is 13.0. The van der Waals surface area contributed by atoms with Crippen molar-refractivity contribution in [2.45, 2.75) is 32.2 Å². The normalized spacial score (nSPS) is 17.1. The number of hydrogen-bond acceptors (Lipinski definition) is 4. The van der Waals surface area contributed by atoms with Crippen LogP contribution in [0.5, 0.6) is 0 Å². The molecule has 0 aromatic carbocycles. The zero-order chi connectivity index (χ0) is 14.6. The molecule has 5 nitrogen and oxygen atoms in total. The summed E-state index contributed by atoms with van der Waals surface area (Å²) in [6.07, 6.45) is 7.62. The quantitative estimate of drug-likeness (QED) is 0.778. The molecule has 110 valence electrons. The van der Waals surface area contributed by atoms with Crippen molar-refractivity contribution in [3.05, 3.63) is 33.7 Å². The molecule has 0 bridgehead atoms. The van der Waals surface area contributed by atoms with Gasteiger partial charge >= 0.3 is 0 Å². The molecule has 1 saturated carbocycles. The average molecular weight is 342 g/mol. The molecule has 1 aliphatic carbocycles. The van der Waals surface area contributed by atoms with Gasteiger partial charge in [0.05, 0.1) is 25.0 Å². The number of nitrogens with one attached hydrogen (secondary N) is 1. The maximum atomic E-state index is 12.0. The minimum absolute atomic E-state index is 0.0601. The van der Waals surface area contributed by atoms with Crippen LogP contribution in [0.15, 0.2) is 28.1 Å². The van der Waals surface area contributed by atoms with Gasteiger partial charge in [-0.1, -0.05) is 18.9 Å². The molecule has 2 rings (SSSR count). The highest BCUT2D eigenvalue weighted by molar-refractivity contribution is 9.10. The second-order valence-corrected chi connectivity index (χ2v) is 6.16. The van der Waals surface area contributed by atoms with Crippen molar-refractivity contribution in [3.8, 4) is 0 Å². The van der Waals surface area contributed by atoms with Crippen LogP contribution in [0.3, 0.4) is 0 Å². The number of allylic oxidation sites excluding steroid dienone is 1. The Bertz CT molecular complexity index is 536. The van der Waals surface area contributed by atoms with Crippen LogP contribution in [0.25, 0.3) is 0 Å². The molecule has 0 aliphatic heterocycles. The molecule has 0 unspecified atom stereocenters. The van der Waals surface area contributed by atoms with Crippen molar-refractivity contribution >= 4 is 21.6 Å². The zero-order valence-electron chi connectivity index (χ0n) is 11.4. The fourth-order valence-electron chi connectivity index (χ4n) is 2.64. The SMILES string of the molecule is C=CCn1ncc(NCC2(CO)CCCC2)c(Br)c1=O. The van der Waals surface area contributed by atoms with Crippen LogP contribution < -0.4 is 10.9 Å². The third-order valence-electron chi connectivity index (χ3n) is 3.94. The summed E-state index contributed by atoms with van der Waals surface area (Å²) in [7, 11) is 0. The third-order valence-corrected chi connectivity index (χ3v) is 4.71. The van der Waals surface area contributed by atoms with Gasteiger partial charge in [-0.05, 0) is 28.8 Å². The number of hydrogen-bond donors (Lipinski definition) is 2. The number of aromatic nitrogens is 2. The minimum Gasteiger partial charge on any atom is -0.396 e. The van der Waals surface area contributed by atoms with E-state index in [1.54, 1.807) is 12.3 Å². The largest absolute Gasteiger partial charge is 0.396 e. The smallest absolute Gasteiger partial charge is 0.283 e. The van der Waals surface area contributed by atoms with Gasteiger partial charge in [-0.15, -0.1) is 6.58 Å². The number of rotatable bonds is 6. The molecule has 1 aromatic heterocycles. The highest BCUT2D eigenvalue weighted by atomic mass is 79.9. The van der Waals surface area contributed by atoms with E-state index in [1.165, 1.54) is 4.68 Å².